The molecule has 12 nitrogen and oxygen atoms in total. The second-order valence-electron chi connectivity index (χ2n) is 11.8. The summed E-state index contributed by atoms with van der Waals surface area (Å²) < 4.78 is 22.9. The molecule has 4 rings (SSSR count). The van der Waals surface area contributed by atoms with E-state index in [-0.39, 0.29) is 73.7 Å². The number of hydrogen-bond acceptors (Lipinski definition) is 12. The van der Waals surface area contributed by atoms with E-state index in [1.165, 1.54) is 42.2 Å². The molecule has 260 valence electrons. The Morgan fingerprint density at radius 3 is 2.44 bits per heavy atom. The molecule has 0 spiro atoms. The summed E-state index contributed by atoms with van der Waals surface area (Å²) in [4.78, 5) is 56.6. The van der Waals surface area contributed by atoms with Crippen LogP contribution < -0.4 is 0 Å². The predicted molar refractivity (Wildman–Crippen MR) is 186 cm³/mol. The van der Waals surface area contributed by atoms with Crippen molar-refractivity contribution in [1.82, 2.24) is 9.88 Å². The highest BCUT2D eigenvalue weighted by Crippen LogP contribution is 2.52. The van der Waals surface area contributed by atoms with E-state index < -0.39 is 19.2 Å². The summed E-state index contributed by atoms with van der Waals surface area (Å²) in [6.45, 7) is 12.4. The average Bonchev–Trinajstić information content (AvgIpc) is 3.62. The van der Waals surface area contributed by atoms with E-state index in [1.54, 1.807) is 22.5 Å². The molecule has 0 unspecified atom stereocenters. The first-order valence-corrected chi connectivity index (χ1v) is 20.4. The van der Waals surface area contributed by atoms with Crippen LogP contribution in [0.3, 0.4) is 0 Å². The third-order valence-electron chi connectivity index (χ3n) is 9.03. The second kappa shape index (κ2) is 16.8. The van der Waals surface area contributed by atoms with Gasteiger partial charge < -0.3 is 23.5 Å². The number of β-lactam (4-membered cyclic amide) rings is 1. The second-order valence-corrected chi connectivity index (χ2v) is 18.3. The minimum Gasteiger partial charge on any atom is -0.463 e. The minimum atomic E-state index is -1.99. The molecule has 0 bridgehead atoms. The molecule has 0 radical (unpaired) electrons. The number of thiazole rings is 1. The molecule has 3 heterocycles. The lowest BCUT2D eigenvalue weighted by molar-refractivity contribution is -0.384. The van der Waals surface area contributed by atoms with Crippen molar-refractivity contribution >= 4 is 61.0 Å². The van der Waals surface area contributed by atoms with Crippen molar-refractivity contribution in [3.05, 3.63) is 72.0 Å². The first-order valence-electron chi connectivity index (χ1n) is 16.1. The van der Waals surface area contributed by atoms with Gasteiger partial charge in [0.25, 0.3) is 5.69 Å². The highest BCUT2D eigenvalue weighted by Gasteiger charge is 2.61. The van der Waals surface area contributed by atoms with Crippen molar-refractivity contribution in [2.75, 3.05) is 13.2 Å². The minimum absolute atomic E-state index is 0.0572. The number of amides is 1. The number of fused-ring (bicyclic) bond motifs is 1. The van der Waals surface area contributed by atoms with Gasteiger partial charge in [0.15, 0.2) is 8.32 Å². The van der Waals surface area contributed by atoms with Crippen LogP contribution >= 0.6 is 23.1 Å². The third kappa shape index (κ3) is 8.43. The summed E-state index contributed by atoms with van der Waals surface area (Å²) in [6, 6.07) is 8.46. The number of carbonyl (C=O) groups excluding carboxylic acids is 3. The van der Waals surface area contributed by atoms with E-state index in [4.69, 9.17) is 18.6 Å². The Morgan fingerprint density at radius 2 is 1.81 bits per heavy atom. The normalized spacial score (nSPS) is 19.8. The van der Waals surface area contributed by atoms with Crippen molar-refractivity contribution in [1.29, 1.82) is 0 Å². The van der Waals surface area contributed by atoms with Crippen molar-refractivity contribution in [3.8, 4) is 0 Å². The lowest BCUT2D eigenvalue weighted by Gasteiger charge is -2.49. The van der Waals surface area contributed by atoms with Gasteiger partial charge in [-0.3, -0.25) is 19.7 Å². The summed E-state index contributed by atoms with van der Waals surface area (Å²) in [6.07, 6.45) is 1.61. The molecule has 2 aromatic rings. The number of nitrogens with zero attached hydrogens (tertiary/aromatic N) is 3. The smallest absolute Gasteiger partial charge is 0.356 e. The van der Waals surface area contributed by atoms with Gasteiger partial charge in [0, 0.05) is 29.9 Å². The molecule has 0 N–H and O–H groups in total. The van der Waals surface area contributed by atoms with Crippen molar-refractivity contribution < 1.29 is 37.9 Å². The molecule has 1 fully saturated rings. The van der Waals surface area contributed by atoms with Crippen LogP contribution in [0, 0.1) is 22.0 Å². The predicted octanol–water partition coefficient (Wildman–Crippen LogP) is 6.68. The van der Waals surface area contributed by atoms with Crippen LogP contribution in [0.4, 0.5) is 5.69 Å². The fourth-order valence-electron chi connectivity index (χ4n) is 6.16. The molecule has 48 heavy (non-hydrogen) atoms. The van der Waals surface area contributed by atoms with E-state index in [9.17, 15) is 24.5 Å². The number of thioether (sulfide) groups is 1. The van der Waals surface area contributed by atoms with Crippen molar-refractivity contribution in [3.63, 3.8) is 0 Å². The number of ether oxygens (including phenoxy) is 3. The molecule has 0 saturated carbocycles. The SMILES string of the molecule is CC[Si](CC)(CC)O[C@H](C)[C@H]1C(=O)N2C(C(=O)OCc3ccc([N+](=O)[O-])cc3)=C(S/C=C\c3scnc3COCCOC(C)=O)[C@H](C)[C@H]12. The van der Waals surface area contributed by atoms with Crippen LogP contribution in [-0.2, 0) is 46.2 Å². The number of hydrogen-bond donors (Lipinski definition) is 0. The number of rotatable bonds is 18. The Morgan fingerprint density at radius 1 is 1.12 bits per heavy atom. The quantitative estimate of drug-likeness (QED) is 0.0406. The number of carbonyl (C=O) groups is 3. The summed E-state index contributed by atoms with van der Waals surface area (Å²) in [5, 5.41) is 12.9. The summed E-state index contributed by atoms with van der Waals surface area (Å²) in [7, 11) is -1.99. The lowest BCUT2D eigenvalue weighted by Crippen LogP contribution is -2.65. The molecule has 1 aromatic heterocycles. The third-order valence-corrected chi connectivity index (χ3v) is 15.7. The Hall–Kier alpha value is -3.37. The number of non-ortho nitro benzene ring substituents is 1. The molecular weight excluding hydrogens is 675 g/mol. The maximum atomic E-state index is 13.8. The zero-order valence-electron chi connectivity index (χ0n) is 28.1. The van der Waals surface area contributed by atoms with Gasteiger partial charge in [-0.15, -0.1) is 11.3 Å². The number of esters is 2. The van der Waals surface area contributed by atoms with Crippen LogP contribution in [0.2, 0.25) is 18.1 Å². The summed E-state index contributed by atoms with van der Waals surface area (Å²) in [5.74, 6) is -1.67. The topological polar surface area (TPSA) is 147 Å². The van der Waals surface area contributed by atoms with E-state index in [0.29, 0.717) is 5.56 Å². The van der Waals surface area contributed by atoms with E-state index in [1.807, 2.05) is 25.3 Å². The largest absolute Gasteiger partial charge is 0.463 e. The summed E-state index contributed by atoms with van der Waals surface area (Å²) in [5.41, 5.74) is 3.21. The zero-order valence-corrected chi connectivity index (χ0v) is 30.8. The summed E-state index contributed by atoms with van der Waals surface area (Å²) >= 11 is 2.81. The molecule has 2 aliphatic heterocycles. The Kier molecular flexibility index (Phi) is 13.1. The van der Waals surface area contributed by atoms with Crippen LogP contribution in [0.1, 0.15) is 57.7 Å². The van der Waals surface area contributed by atoms with Gasteiger partial charge in [-0.25, -0.2) is 9.78 Å². The van der Waals surface area contributed by atoms with Gasteiger partial charge in [-0.1, -0.05) is 39.5 Å². The molecule has 2 aliphatic rings. The molecule has 0 aliphatic carbocycles. The molecule has 1 aromatic carbocycles. The fraction of sp³-hybridized carbons (Fsp3) is 0.515. The lowest BCUT2D eigenvalue weighted by atomic mass is 9.79. The average molecular weight is 718 g/mol. The number of nitro benzene ring substituents is 1. The maximum absolute atomic E-state index is 13.8. The monoisotopic (exact) mass is 717 g/mol. The van der Waals surface area contributed by atoms with Gasteiger partial charge >= 0.3 is 11.9 Å². The van der Waals surface area contributed by atoms with Crippen LogP contribution in [0.15, 0.2) is 45.8 Å². The molecule has 15 heteroatoms. The van der Waals surface area contributed by atoms with Crippen LogP contribution in [-0.4, -0.2) is 66.3 Å². The molecule has 4 atom stereocenters. The fourth-order valence-corrected chi connectivity index (χ4v) is 10.9. The first kappa shape index (κ1) is 37.4. The van der Waals surface area contributed by atoms with E-state index >= 15 is 0 Å². The van der Waals surface area contributed by atoms with Gasteiger partial charge in [0.1, 0.15) is 18.9 Å². The van der Waals surface area contributed by atoms with Gasteiger partial charge in [-0.05, 0) is 54.2 Å². The highest BCUT2D eigenvalue weighted by atomic mass is 32.2. The Balaban J connectivity index is 1.53. The van der Waals surface area contributed by atoms with Crippen molar-refractivity contribution in [2.45, 2.75) is 85.0 Å². The zero-order chi connectivity index (χ0) is 35.0. The number of nitro groups is 1. The highest BCUT2D eigenvalue weighted by molar-refractivity contribution is 8.06. The number of benzene rings is 1. The van der Waals surface area contributed by atoms with Crippen molar-refractivity contribution in [2.24, 2.45) is 11.8 Å². The van der Waals surface area contributed by atoms with E-state index in [0.717, 1.165) is 33.6 Å². The first-order chi connectivity index (χ1) is 23.0. The standard InChI is InChI=1S/C33H43N3O9S2Si/c1-7-48(8-2,9-3)45-22(5)28-29-21(4)31(46-17-14-27-26(34-20-47-27)19-42-15-16-43-23(6)37)30(35(29)32(28)38)33(39)44-18-24-10-12-25(13-11-24)36(40)41/h10-14,17,20-22,28-29H,7-9,15-16,18-19H2,1-6H3/b17-14-/t21-,22-,28-,29-/m1/s1. The number of aromatic nitrogens is 1. The van der Waals surface area contributed by atoms with E-state index in [2.05, 4.69) is 25.8 Å². The van der Waals surface area contributed by atoms with Gasteiger partial charge in [0.2, 0.25) is 5.91 Å². The van der Waals surface area contributed by atoms with Crippen LogP contribution in [0.5, 0.6) is 0 Å². The Bertz CT molecular complexity index is 1530. The van der Waals surface area contributed by atoms with Crippen LogP contribution in [0.25, 0.3) is 6.08 Å². The Labute approximate surface area is 290 Å². The maximum Gasteiger partial charge on any atom is 0.356 e. The van der Waals surface area contributed by atoms with Gasteiger partial charge in [0.05, 0.1) is 52.3 Å². The van der Waals surface area contributed by atoms with Gasteiger partial charge in [-0.2, -0.15) is 0 Å². The molecule has 1 saturated heterocycles. The molecular formula is C33H43N3O9S2Si. The molecule has 1 amide bonds.